The van der Waals surface area contributed by atoms with E-state index in [0.29, 0.717) is 10.2 Å². The first-order valence-electron chi connectivity index (χ1n) is 5.68. The molecule has 0 saturated heterocycles. The van der Waals surface area contributed by atoms with Crippen LogP contribution >= 0.6 is 28.1 Å². The van der Waals surface area contributed by atoms with Gasteiger partial charge in [0.2, 0.25) is 0 Å². The Morgan fingerprint density at radius 3 is 2.48 bits per heavy atom. The predicted molar refractivity (Wildman–Crippen MR) is 87.2 cm³/mol. The molecule has 0 amide bonds. The summed E-state index contributed by atoms with van der Waals surface area (Å²) in [7, 11) is -4.02. The molecule has 3 N–H and O–H groups in total. The van der Waals surface area contributed by atoms with Crippen molar-refractivity contribution in [1.82, 2.24) is 0 Å². The Kier molecular flexibility index (Phi) is 4.60. The molecule has 0 atom stereocenters. The third kappa shape index (κ3) is 3.39. The third-order valence-electron chi connectivity index (χ3n) is 2.63. The number of anilines is 1. The Bertz CT molecular complexity index is 810. The third-order valence-corrected chi connectivity index (χ3v) is 4.93. The van der Waals surface area contributed by atoms with Crippen LogP contribution in [0.2, 0.25) is 0 Å². The van der Waals surface area contributed by atoms with E-state index in [-0.39, 0.29) is 15.4 Å². The molecule has 2 aromatic rings. The van der Waals surface area contributed by atoms with Crippen molar-refractivity contribution in [3.63, 3.8) is 0 Å². The van der Waals surface area contributed by atoms with E-state index in [9.17, 15) is 12.8 Å². The second-order valence-electron chi connectivity index (χ2n) is 4.06. The fourth-order valence-electron chi connectivity index (χ4n) is 1.71. The lowest BCUT2D eigenvalue weighted by atomic mass is 10.2. The molecule has 0 aliphatic heterocycles. The predicted octanol–water partition coefficient (Wildman–Crippen LogP) is 3.02. The maximum Gasteiger partial charge on any atom is 0.262 e. The lowest BCUT2D eigenvalue weighted by Crippen LogP contribution is -2.21. The van der Waals surface area contributed by atoms with Gasteiger partial charge in [-0.1, -0.05) is 30.4 Å². The molecule has 0 aliphatic rings. The van der Waals surface area contributed by atoms with Crippen LogP contribution in [-0.2, 0) is 10.0 Å². The molecule has 0 aromatic heterocycles. The number of nitrogens with two attached hydrogens (primary N) is 1. The monoisotopic (exact) mass is 388 g/mol. The van der Waals surface area contributed by atoms with E-state index < -0.39 is 15.8 Å². The lowest BCUT2D eigenvalue weighted by molar-refractivity contribution is 0.594. The maximum atomic E-state index is 13.8. The van der Waals surface area contributed by atoms with Crippen LogP contribution in [0.4, 0.5) is 10.1 Å². The van der Waals surface area contributed by atoms with Gasteiger partial charge in [-0.15, -0.1) is 0 Å². The Hall–Kier alpha value is -1.51. The highest BCUT2D eigenvalue weighted by Crippen LogP contribution is 2.26. The van der Waals surface area contributed by atoms with Gasteiger partial charge in [0.25, 0.3) is 10.0 Å². The molecule has 0 fully saturated rings. The van der Waals surface area contributed by atoms with E-state index in [4.69, 9.17) is 18.0 Å². The fourth-order valence-corrected chi connectivity index (χ4v) is 3.81. The summed E-state index contributed by atoms with van der Waals surface area (Å²) in [5, 5.41) is 0. The minimum absolute atomic E-state index is 0.299. The number of thiocarbonyl (C=S) groups is 1. The van der Waals surface area contributed by atoms with E-state index in [1.54, 1.807) is 24.3 Å². The number of nitrogens with one attached hydrogen (secondary N) is 1. The van der Waals surface area contributed by atoms with Crippen LogP contribution in [0.1, 0.15) is 5.56 Å². The molecule has 8 heteroatoms. The maximum absolute atomic E-state index is 13.8. The van der Waals surface area contributed by atoms with Gasteiger partial charge in [-0.3, -0.25) is 4.72 Å². The molecule has 2 rings (SSSR count). The van der Waals surface area contributed by atoms with Crippen molar-refractivity contribution in [1.29, 1.82) is 0 Å². The fraction of sp³-hybridized carbons (Fsp3) is 0. The number of sulfonamides is 1. The van der Waals surface area contributed by atoms with E-state index in [0.717, 1.165) is 6.07 Å². The zero-order valence-electron chi connectivity index (χ0n) is 10.5. The molecule has 0 aliphatic carbocycles. The second kappa shape index (κ2) is 6.08. The van der Waals surface area contributed by atoms with Crippen LogP contribution in [0, 0.1) is 5.82 Å². The summed E-state index contributed by atoms with van der Waals surface area (Å²) < 4.78 is 41.5. The molecule has 0 bridgehead atoms. The van der Waals surface area contributed by atoms with Crippen molar-refractivity contribution in [2.24, 2.45) is 5.73 Å². The first-order valence-corrected chi connectivity index (χ1v) is 8.37. The largest absolute Gasteiger partial charge is 0.389 e. The smallest absolute Gasteiger partial charge is 0.262 e. The van der Waals surface area contributed by atoms with Gasteiger partial charge in [0.15, 0.2) is 0 Å². The Morgan fingerprint density at radius 2 is 1.86 bits per heavy atom. The Morgan fingerprint density at radius 1 is 1.19 bits per heavy atom. The van der Waals surface area contributed by atoms with E-state index in [1.807, 2.05) is 0 Å². The summed E-state index contributed by atoms with van der Waals surface area (Å²) in [4.78, 5) is -0.619. The summed E-state index contributed by atoms with van der Waals surface area (Å²) >= 11 is 7.96. The van der Waals surface area contributed by atoms with Gasteiger partial charge in [-0.25, -0.2) is 12.8 Å². The van der Waals surface area contributed by atoms with Crippen molar-refractivity contribution >= 4 is 48.8 Å². The quantitative estimate of drug-likeness (QED) is 0.789. The van der Waals surface area contributed by atoms with E-state index in [1.165, 1.54) is 12.1 Å². The average molecular weight is 389 g/mol. The summed E-state index contributed by atoms with van der Waals surface area (Å²) in [5.41, 5.74) is 5.46. The number of para-hydroxylation sites is 1. The number of hydrogen-bond acceptors (Lipinski definition) is 3. The SMILES string of the molecule is NC(=S)c1c(F)cccc1S(=O)(=O)Nc1ccccc1Br. The molecule has 0 spiro atoms. The van der Waals surface area contributed by atoms with Crippen LogP contribution in [0.15, 0.2) is 51.8 Å². The van der Waals surface area contributed by atoms with Gasteiger partial charge in [0.1, 0.15) is 15.7 Å². The highest BCUT2D eigenvalue weighted by molar-refractivity contribution is 9.10. The van der Waals surface area contributed by atoms with Crippen LogP contribution in [0.5, 0.6) is 0 Å². The number of halogens is 2. The summed E-state index contributed by atoms with van der Waals surface area (Å²) in [6.45, 7) is 0. The van der Waals surface area contributed by atoms with Crippen molar-refractivity contribution in [3.05, 3.63) is 58.3 Å². The van der Waals surface area contributed by atoms with Gasteiger partial charge < -0.3 is 5.73 Å². The van der Waals surface area contributed by atoms with Crippen LogP contribution in [0.25, 0.3) is 0 Å². The van der Waals surface area contributed by atoms with Crippen molar-refractivity contribution in [3.8, 4) is 0 Å². The minimum Gasteiger partial charge on any atom is -0.389 e. The van der Waals surface area contributed by atoms with Crippen LogP contribution in [-0.4, -0.2) is 13.4 Å². The first kappa shape index (κ1) is 15.9. The number of benzene rings is 2. The number of hydrogen-bond donors (Lipinski definition) is 2. The molecule has 110 valence electrons. The van der Waals surface area contributed by atoms with Crippen LogP contribution in [0.3, 0.4) is 0 Å². The van der Waals surface area contributed by atoms with Crippen molar-refractivity contribution in [2.45, 2.75) is 4.90 Å². The zero-order valence-corrected chi connectivity index (χ0v) is 13.7. The van der Waals surface area contributed by atoms with E-state index in [2.05, 4.69) is 20.7 Å². The van der Waals surface area contributed by atoms with Crippen LogP contribution < -0.4 is 10.5 Å². The molecule has 0 unspecified atom stereocenters. The second-order valence-corrected chi connectivity index (χ2v) is 7.01. The summed E-state index contributed by atoms with van der Waals surface area (Å²) in [6, 6.07) is 10.3. The van der Waals surface area contributed by atoms with Gasteiger partial charge in [-0.05, 0) is 40.2 Å². The Labute approximate surface area is 135 Å². The van der Waals surface area contributed by atoms with Gasteiger partial charge in [-0.2, -0.15) is 0 Å². The summed E-state index contributed by atoms with van der Waals surface area (Å²) in [5.74, 6) is -0.780. The molecular weight excluding hydrogens is 379 g/mol. The number of rotatable bonds is 4. The highest BCUT2D eigenvalue weighted by Gasteiger charge is 2.23. The van der Waals surface area contributed by atoms with Gasteiger partial charge in [0.05, 0.1) is 11.3 Å². The Balaban J connectivity index is 2.53. The molecule has 0 heterocycles. The highest BCUT2D eigenvalue weighted by atomic mass is 79.9. The molecule has 0 radical (unpaired) electrons. The molecule has 4 nitrogen and oxygen atoms in total. The molecule has 21 heavy (non-hydrogen) atoms. The van der Waals surface area contributed by atoms with Crippen molar-refractivity contribution < 1.29 is 12.8 Å². The van der Waals surface area contributed by atoms with Gasteiger partial charge in [0, 0.05) is 4.47 Å². The minimum atomic E-state index is -4.02. The average Bonchev–Trinajstić information content (AvgIpc) is 2.40. The molecular formula is C13H10BrFN2O2S2. The summed E-state index contributed by atoms with van der Waals surface area (Å²) in [6.07, 6.45) is 0. The van der Waals surface area contributed by atoms with E-state index >= 15 is 0 Å². The zero-order chi connectivity index (χ0) is 15.6. The van der Waals surface area contributed by atoms with Crippen molar-refractivity contribution in [2.75, 3.05) is 4.72 Å². The molecule has 0 saturated carbocycles. The standard InChI is InChI=1S/C13H10BrFN2O2S2/c14-8-4-1-2-6-10(8)17-21(18,19)11-7-3-5-9(15)12(11)13(16)20/h1-7,17H,(H2,16,20). The first-order chi connectivity index (χ1) is 9.83. The molecule has 2 aromatic carbocycles. The topological polar surface area (TPSA) is 72.2 Å². The van der Waals surface area contributed by atoms with Gasteiger partial charge >= 0.3 is 0 Å². The normalized spacial score (nSPS) is 11.1. The lowest BCUT2D eigenvalue weighted by Gasteiger charge is -2.13.